The molecule has 0 spiro atoms. The van der Waals surface area contributed by atoms with E-state index in [1.165, 1.54) is 0 Å². The molecule has 2 saturated heterocycles. The smallest absolute Gasteiger partial charge is 0.327 e. The highest BCUT2D eigenvalue weighted by atomic mass is 16.8. The van der Waals surface area contributed by atoms with E-state index in [-0.39, 0.29) is 18.5 Å². The molecular formula is C12H18O6. The summed E-state index contributed by atoms with van der Waals surface area (Å²) in [6.07, 6.45) is 2.90. The van der Waals surface area contributed by atoms with Gasteiger partial charge in [-0.15, -0.1) is 0 Å². The topological polar surface area (TPSA) is 88.5 Å². The fraction of sp³-hybridized carbons (Fsp3) is 0.750. The Hall–Kier alpha value is -0.950. The van der Waals surface area contributed by atoms with Crippen molar-refractivity contribution in [2.45, 2.75) is 57.1 Å². The molecule has 0 aliphatic carbocycles. The lowest BCUT2D eigenvalue weighted by molar-refractivity contribution is -0.238. The molecule has 0 aromatic carbocycles. The molecule has 0 aromatic heterocycles. The van der Waals surface area contributed by atoms with Gasteiger partial charge in [-0.2, -0.15) is 0 Å². The first-order chi connectivity index (χ1) is 8.56. The standard InChI is InChI=1S/C12H18O6/c1-7(4-2-3-5-10(14)15)16-11-8(13)6-9-12(17-9)18-11/h3,5,7-9,11-13H,2,4,6H2,1H3,(H,14,15)/b5-3+/t7-,8?,9-,11?,12?/m1/s1. The molecule has 0 radical (unpaired) electrons. The van der Waals surface area contributed by atoms with Gasteiger partial charge < -0.3 is 24.4 Å². The minimum Gasteiger partial charge on any atom is -0.478 e. The molecule has 5 atom stereocenters. The Bertz CT molecular complexity index is 329. The molecule has 18 heavy (non-hydrogen) atoms. The molecule has 102 valence electrons. The quantitative estimate of drug-likeness (QED) is 0.537. The van der Waals surface area contributed by atoms with Gasteiger partial charge in [-0.1, -0.05) is 6.08 Å². The Morgan fingerprint density at radius 1 is 1.56 bits per heavy atom. The van der Waals surface area contributed by atoms with Gasteiger partial charge in [0.15, 0.2) is 12.6 Å². The van der Waals surface area contributed by atoms with E-state index < -0.39 is 18.4 Å². The van der Waals surface area contributed by atoms with Gasteiger partial charge in [0.05, 0.1) is 6.10 Å². The SMILES string of the molecule is C[C@H](CC/C=C/C(=O)O)OC1OC2O[C@@H]2CC1O. The molecule has 2 N–H and O–H groups in total. The summed E-state index contributed by atoms with van der Waals surface area (Å²) in [4.78, 5) is 10.3. The summed E-state index contributed by atoms with van der Waals surface area (Å²) >= 11 is 0. The summed E-state index contributed by atoms with van der Waals surface area (Å²) in [5.41, 5.74) is 0. The molecule has 0 bridgehead atoms. The first-order valence-electron chi connectivity index (χ1n) is 6.10. The normalized spacial score (nSPS) is 36.3. The van der Waals surface area contributed by atoms with Crippen molar-refractivity contribution in [2.75, 3.05) is 0 Å². The summed E-state index contributed by atoms with van der Waals surface area (Å²) < 4.78 is 16.1. The van der Waals surface area contributed by atoms with E-state index in [0.29, 0.717) is 19.3 Å². The number of hydrogen-bond donors (Lipinski definition) is 2. The molecule has 0 amide bonds. The van der Waals surface area contributed by atoms with Gasteiger partial charge in [0.2, 0.25) is 0 Å². The molecule has 2 fully saturated rings. The third-order valence-electron chi connectivity index (χ3n) is 2.96. The Labute approximate surface area is 105 Å². The van der Waals surface area contributed by atoms with Crippen LogP contribution < -0.4 is 0 Å². The van der Waals surface area contributed by atoms with E-state index in [4.69, 9.17) is 19.3 Å². The predicted molar refractivity (Wildman–Crippen MR) is 60.7 cm³/mol. The lowest BCUT2D eigenvalue weighted by Gasteiger charge is -2.28. The maximum Gasteiger partial charge on any atom is 0.327 e. The van der Waals surface area contributed by atoms with Gasteiger partial charge in [0, 0.05) is 12.5 Å². The van der Waals surface area contributed by atoms with Gasteiger partial charge in [-0.05, 0) is 19.8 Å². The van der Waals surface area contributed by atoms with Crippen molar-refractivity contribution >= 4 is 5.97 Å². The van der Waals surface area contributed by atoms with Crippen molar-refractivity contribution in [2.24, 2.45) is 0 Å². The van der Waals surface area contributed by atoms with Crippen LogP contribution in [0.25, 0.3) is 0 Å². The van der Waals surface area contributed by atoms with Crippen LogP contribution in [0.15, 0.2) is 12.2 Å². The highest BCUT2D eigenvalue weighted by molar-refractivity contribution is 5.79. The molecule has 2 aliphatic heterocycles. The van der Waals surface area contributed by atoms with Gasteiger partial charge in [-0.25, -0.2) is 4.79 Å². The van der Waals surface area contributed by atoms with Gasteiger partial charge in [0.25, 0.3) is 0 Å². The zero-order chi connectivity index (χ0) is 13.1. The highest BCUT2D eigenvalue weighted by Crippen LogP contribution is 2.36. The highest BCUT2D eigenvalue weighted by Gasteiger charge is 2.50. The van der Waals surface area contributed by atoms with Crippen LogP contribution in [0.2, 0.25) is 0 Å². The number of hydrogen-bond acceptors (Lipinski definition) is 5. The third kappa shape index (κ3) is 3.78. The molecule has 0 aromatic rings. The van der Waals surface area contributed by atoms with E-state index in [1.807, 2.05) is 6.92 Å². The number of allylic oxidation sites excluding steroid dienone is 1. The maximum atomic E-state index is 10.3. The summed E-state index contributed by atoms with van der Waals surface area (Å²) in [7, 11) is 0. The number of carbonyl (C=O) groups is 1. The Balaban J connectivity index is 1.66. The second kappa shape index (κ2) is 5.79. The van der Waals surface area contributed by atoms with Crippen LogP contribution in [0.3, 0.4) is 0 Å². The molecule has 6 heteroatoms. The van der Waals surface area contributed by atoms with Crippen molar-refractivity contribution in [3.05, 3.63) is 12.2 Å². The van der Waals surface area contributed by atoms with Crippen LogP contribution in [0.5, 0.6) is 0 Å². The van der Waals surface area contributed by atoms with Gasteiger partial charge in [0.1, 0.15) is 12.2 Å². The van der Waals surface area contributed by atoms with E-state index in [1.54, 1.807) is 6.08 Å². The number of carboxylic acids is 1. The first-order valence-corrected chi connectivity index (χ1v) is 6.10. The van der Waals surface area contributed by atoms with Crippen molar-refractivity contribution in [3.8, 4) is 0 Å². The Morgan fingerprint density at radius 3 is 3.06 bits per heavy atom. The molecule has 6 nitrogen and oxygen atoms in total. The van der Waals surface area contributed by atoms with Gasteiger partial charge in [-0.3, -0.25) is 0 Å². The van der Waals surface area contributed by atoms with Crippen LogP contribution >= 0.6 is 0 Å². The predicted octanol–water partition coefficient (Wildman–Crippen LogP) is 0.645. The Morgan fingerprint density at radius 2 is 2.33 bits per heavy atom. The fourth-order valence-electron chi connectivity index (χ4n) is 1.92. The Kier molecular flexibility index (Phi) is 4.34. The number of carboxylic acid groups (broad SMARTS) is 1. The van der Waals surface area contributed by atoms with E-state index in [9.17, 15) is 9.90 Å². The zero-order valence-corrected chi connectivity index (χ0v) is 10.2. The number of rotatable bonds is 6. The molecule has 2 rings (SSSR count). The number of ether oxygens (including phenoxy) is 3. The van der Waals surface area contributed by atoms with Crippen molar-refractivity contribution in [3.63, 3.8) is 0 Å². The van der Waals surface area contributed by atoms with E-state index in [2.05, 4.69) is 0 Å². The second-order valence-corrected chi connectivity index (χ2v) is 4.62. The molecule has 0 saturated carbocycles. The minimum atomic E-state index is -0.952. The third-order valence-corrected chi connectivity index (χ3v) is 2.96. The second-order valence-electron chi connectivity index (χ2n) is 4.62. The lowest BCUT2D eigenvalue weighted by atomic mass is 10.1. The van der Waals surface area contributed by atoms with Crippen LogP contribution in [-0.4, -0.2) is 47.1 Å². The maximum absolute atomic E-state index is 10.3. The fourth-order valence-corrected chi connectivity index (χ4v) is 1.92. The van der Waals surface area contributed by atoms with Crippen molar-refractivity contribution in [1.29, 1.82) is 0 Å². The first kappa shape index (κ1) is 13.5. The number of aliphatic hydroxyl groups excluding tert-OH is 1. The lowest BCUT2D eigenvalue weighted by Crippen LogP contribution is -2.40. The molecule has 2 aliphatic rings. The van der Waals surface area contributed by atoms with Crippen LogP contribution in [-0.2, 0) is 19.0 Å². The van der Waals surface area contributed by atoms with Crippen molar-refractivity contribution in [1.82, 2.24) is 0 Å². The number of epoxide rings is 1. The number of aliphatic carboxylic acids is 1. The minimum absolute atomic E-state index is 0.0219. The monoisotopic (exact) mass is 258 g/mol. The van der Waals surface area contributed by atoms with E-state index >= 15 is 0 Å². The summed E-state index contributed by atoms with van der Waals surface area (Å²) in [6, 6.07) is 0. The average molecular weight is 258 g/mol. The van der Waals surface area contributed by atoms with Gasteiger partial charge >= 0.3 is 5.97 Å². The van der Waals surface area contributed by atoms with E-state index in [0.717, 1.165) is 6.08 Å². The van der Waals surface area contributed by atoms with Crippen LogP contribution in [0.4, 0.5) is 0 Å². The molecule has 3 unspecified atom stereocenters. The number of fused-ring (bicyclic) bond motifs is 1. The summed E-state index contributed by atoms with van der Waals surface area (Å²) in [5, 5.41) is 18.2. The molecular weight excluding hydrogens is 240 g/mol. The number of aliphatic hydroxyl groups is 1. The summed E-state index contributed by atoms with van der Waals surface area (Å²) in [6.45, 7) is 1.87. The zero-order valence-electron chi connectivity index (χ0n) is 10.2. The van der Waals surface area contributed by atoms with Crippen molar-refractivity contribution < 1.29 is 29.2 Å². The summed E-state index contributed by atoms with van der Waals surface area (Å²) in [5.74, 6) is -0.952. The molecule has 2 heterocycles. The van der Waals surface area contributed by atoms with Crippen LogP contribution in [0, 0.1) is 0 Å². The van der Waals surface area contributed by atoms with Crippen LogP contribution in [0.1, 0.15) is 26.2 Å². The average Bonchev–Trinajstić information content (AvgIpc) is 3.02. The largest absolute Gasteiger partial charge is 0.478 e.